The molecule has 0 atom stereocenters. The van der Waals surface area contributed by atoms with Crippen molar-refractivity contribution < 1.29 is 0 Å². The van der Waals surface area contributed by atoms with Gasteiger partial charge in [0.2, 0.25) is 0 Å². The van der Waals surface area contributed by atoms with Crippen molar-refractivity contribution in [3.05, 3.63) is 30.1 Å². The number of likely N-dealkylation sites (N-methyl/N-ethyl adjacent to an activating group) is 1. The Labute approximate surface area is 85.9 Å². The average molecular weight is 193 g/mol. The van der Waals surface area contributed by atoms with E-state index in [-0.39, 0.29) is 5.54 Å². The Morgan fingerprint density at radius 1 is 1.50 bits per heavy atom. The fourth-order valence-electron chi connectivity index (χ4n) is 1.14. The fourth-order valence-corrected chi connectivity index (χ4v) is 1.14. The number of hydrogen-bond donors (Lipinski definition) is 1. The smallest absolute Gasteiger partial charge is 0.0312 e. The van der Waals surface area contributed by atoms with Gasteiger partial charge in [0.25, 0.3) is 0 Å². The Balaban J connectivity index is 2.62. The Morgan fingerprint density at radius 3 is 2.71 bits per heavy atom. The van der Waals surface area contributed by atoms with Crippen LogP contribution in [0.2, 0.25) is 0 Å². The Hall–Kier alpha value is -0.930. The fraction of sp³-hybridized carbons (Fsp3) is 0.545. The van der Waals surface area contributed by atoms with Crippen LogP contribution in [0.1, 0.15) is 19.4 Å². The molecule has 0 aliphatic heterocycles. The summed E-state index contributed by atoms with van der Waals surface area (Å²) in [5.41, 5.74) is 6.96. The van der Waals surface area contributed by atoms with Crippen molar-refractivity contribution in [3.8, 4) is 0 Å². The van der Waals surface area contributed by atoms with Crippen LogP contribution in [0.3, 0.4) is 0 Å². The highest BCUT2D eigenvalue weighted by atomic mass is 15.2. The summed E-state index contributed by atoms with van der Waals surface area (Å²) in [5, 5.41) is 0. The maximum Gasteiger partial charge on any atom is 0.0312 e. The van der Waals surface area contributed by atoms with Crippen molar-refractivity contribution in [2.75, 3.05) is 13.6 Å². The summed E-state index contributed by atoms with van der Waals surface area (Å²) in [7, 11) is 2.08. The van der Waals surface area contributed by atoms with E-state index in [0.717, 1.165) is 6.54 Å². The molecule has 0 unspecified atom stereocenters. The summed E-state index contributed by atoms with van der Waals surface area (Å²) < 4.78 is 0. The molecule has 0 saturated carbocycles. The van der Waals surface area contributed by atoms with E-state index in [9.17, 15) is 0 Å². The van der Waals surface area contributed by atoms with Crippen LogP contribution >= 0.6 is 0 Å². The van der Waals surface area contributed by atoms with E-state index in [2.05, 4.69) is 36.8 Å². The molecule has 3 heteroatoms. The first-order valence-corrected chi connectivity index (χ1v) is 4.86. The SMILES string of the molecule is CN(Cc1cccnc1)C(C)(C)CN. The standard InChI is InChI=1S/C11H19N3/c1-11(2,9-12)14(3)8-10-5-4-6-13-7-10/h4-7H,8-9,12H2,1-3H3. The predicted octanol–water partition coefficient (Wildman–Crippen LogP) is 1.25. The van der Waals surface area contributed by atoms with Gasteiger partial charge in [0.15, 0.2) is 0 Å². The number of hydrogen-bond acceptors (Lipinski definition) is 3. The van der Waals surface area contributed by atoms with Gasteiger partial charge in [-0.2, -0.15) is 0 Å². The van der Waals surface area contributed by atoms with Gasteiger partial charge in [0.1, 0.15) is 0 Å². The lowest BCUT2D eigenvalue weighted by molar-refractivity contribution is 0.155. The lowest BCUT2D eigenvalue weighted by atomic mass is 10.0. The summed E-state index contributed by atoms with van der Waals surface area (Å²) in [5.74, 6) is 0. The van der Waals surface area contributed by atoms with Gasteiger partial charge in [-0.3, -0.25) is 9.88 Å². The molecule has 1 rings (SSSR count). The number of rotatable bonds is 4. The predicted molar refractivity (Wildman–Crippen MR) is 58.8 cm³/mol. The van der Waals surface area contributed by atoms with Crippen molar-refractivity contribution in [3.63, 3.8) is 0 Å². The Morgan fingerprint density at radius 2 is 2.21 bits per heavy atom. The lowest BCUT2D eigenvalue weighted by Gasteiger charge is -2.34. The van der Waals surface area contributed by atoms with Gasteiger partial charge in [0.05, 0.1) is 0 Å². The first-order chi connectivity index (χ1) is 6.56. The average Bonchev–Trinajstić information content (AvgIpc) is 2.19. The molecule has 0 amide bonds. The van der Waals surface area contributed by atoms with E-state index in [1.54, 1.807) is 6.20 Å². The molecule has 0 radical (unpaired) electrons. The third kappa shape index (κ3) is 2.79. The van der Waals surface area contributed by atoms with Crippen LogP contribution < -0.4 is 5.73 Å². The van der Waals surface area contributed by atoms with E-state index in [4.69, 9.17) is 5.73 Å². The maximum absolute atomic E-state index is 5.70. The first-order valence-electron chi connectivity index (χ1n) is 4.86. The van der Waals surface area contributed by atoms with E-state index in [0.29, 0.717) is 6.54 Å². The summed E-state index contributed by atoms with van der Waals surface area (Å²) in [6.07, 6.45) is 3.68. The van der Waals surface area contributed by atoms with Crippen LogP contribution in [-0.4, -0.2) is 29.0 Å². The summed E-state index contributed by atoms with van der Waals surface area (Å²) in [4.78, 5) is 6.33. The van der Waals surface area contributed by atoms with E-state index < -0.39 is 0 Å². The second-order valence-corrected chi connectivity index (χ2v) is 4.23. The van der Waals surface area contributed by atoms with Gasteiger partial charge in [-0.05, 0) is 32.5 Å². The third-order valence-corrected chi connectivity index (χ3v) is 2.68. The molecule has 0 spiro atoms. The molecular formula is C11H19N3. The molecule has 2 N–H and O–H groups in total. The van der Waals surface area contributed by atoms with Crippen molar-refractivity contribution in [2.45, 2.75) is 25.9 Å². The molecule has 0 aliphatic carbocycles. The highest BCUT2D eigenvalue weighted by molar-refractivity contribution is 5.08. The van der Waals surface area contributed by atoms with E-state index in [1.807, 2.05) is 12.3 Å². The van der Waals surface area contributed by atoms with Gasteiger partial charge in [-0.15, -0.1) is 0 Å². The number of pyridine rings is 1. The van der Waals surface area contributed by atoms with Crippen molar-refractivity contribution in [1.82, 2.24) is 9.88 Å². The summed E-state index contributed by atoms with van der Waals surface area (Å²) in [6.45, 7) is 5.83. The van der Waals surface area contributed by atoms with E-state index >= 15 is 0 Å². The first kappa shape index (κ1) is 11.1. The van der Waals surface area contributed by atoms with Gasteiger partial charge in [-0.1, -0.05) is 6.07 Å². The molecule has 0 aromatic carbocycles. The molecule has 1 heterocycles. The van der Waals surface area contributed by atoms with Crippen molar-refractivity contribution in [1.29, 1.82) is 0 Å². The number of aromatic nitrogens is 1. The second-order valence-electron chi connectivity index (χ2n) is 4.23. The topological polar surface area (TPSA) is 42.2 Å². The van der Waals surface area contributed by atoms with Gasteiger partial charge in [-0.25, -0.2) is 0 Å². The monoisotopic (exact) mass is 193 g/mol. The van der Waals surface area contributed by atoms with Gasteiger partial charge >= 0.3 is 0 Å². The minimum atomic E-state index is 0.0375. The molecule has 3 nitrogen and oxygen atoms in total. The largest absolute Gasteiger partial charge is 0.329 e. The number of nitrogens with two attached hydrogens (primary N) is 1. The molecule has 0 saturated heterocycles. The Kier molecular flexibility index (Phi) is 3.61. The quantitative estimate of drug-likeness (QED) is 0.782. The zero-order valence-electron chi connectivity index (χ0n) is 9.20. The highest BCUT2D eigenvalue weighted by Gasteiger charge is 2.21. The molecule has 1 aromatic rings. The highest BCUT2D eigenvalue weighted by Crippen LogP contribution is 2.13. The lowest BCUT2D eigenvalue weighted by Crippen LogP contribution is -2.46. The summed E-state index contributed by atoms with van der Waals surface area (Å²) >= 11 is 0. The van der Waals surface area contributed by atoms with Crippen molar-refractivity contribution in [2.24, 2.45) is 5.73 Å². The second kappa shape index (κ2) is 4.53. The minimum Gasteiger partial charge on any atom is -0.329 e. The maximum atomic E-state index is 5.70. The molecule has 0 bridgehead atoms. The minimum absolute atomic E-state index is 0.0375. The zero-order chi connectivity index (χ0) is 10.6. The summed E-state index contributed by atoms with van der Waals surface area (Å²) in [6, 6.07) is 4.04. The molecular weight excluding hydrogens is 174 g/mol. The molecule has 1 aromatic heterocycles. The van der Waals surface area contributed by atoms with Gasteiger partial charge in [0, 0.05) is 31.0 Å². The van der Waals surface area contributed by atoms with E-state index in [1.165, 1.54) is 5.56 Å². The molecule has 0 aliphatic rings. The van der Waals surface area contributed by atoms with Crippen LogP contribution in [0.15, 0.2) is 24.5 Å². The molecule has 14 heavy (non-hydrogen) atoms. The van der Waals surface area contributed by atoms with Crippen LogP contribution in [0, 0.1) is 0 Å². The van der Waals surface area contributed by atoms with Crippen LogP contribution in [0.4, 0.5) is 0 Å². The normalized spacial score (nSPS) is 12.1. The van der Waals surface area contributed by atoms with Crippen LogP contribution in [0.5, 0.6) is 0 Å². The zero-order valence-corrected chi connectivity index (χ0v) is 9.20. The van der Waals surface area contributed by atoms with Crippen LogP contribution in [0.25, 0.3) is 0 Å². The third-order valence-electron chi connectivity index (χ3n) is 2.68. The van der Waals surface area contributed by atoms with Gasteiger partial charge < -0.3 is 5.73 Å². The molecule has 0 fully saturated rings. The number of nitrogens with zero attached hydrogens (tertiary/aromatic N) is 2. The molecule has 78 valence electrons. The van der Waals surface area contributed by atoms with Crippen molar-refractivity contribution >= 4 is 0 Å². The van der Waals surface area contributed by atoms with Crippen LogP contribution in [-0.2, 0) is 6.54 Å². The Bertz CT molecular complexity index is 269.